The molecule has 0 radical (unpaired) electrons. The van der Waals surface area contributed by atoms with Gasteiger partial charge in [-0.05, 0) is 111 Å². The Labute approximate surface area is 266 Å². The van der Waals surface area contributed by atoms with Crippen LogP contribution in [-0.2, 0) is 12.8 Å². The van der Waals surface area contributed by atoms with Gasteiger partial charge in [-0.2, -0.15) is 0 Å². The van der Waals surface area contributed by atoms with Gasteiger partial charge < -0.3 is 20.6 Å². The summed E-state index contributed by atoms with van der Waals surface area (Å²) in [5.41, 5.74) is 3.13. The Morgan fingerprint density at radius 3 is 2.22 bits per heavy atom. The molecule has 4 atom stereocenters. The lowest BCUT2D eigenvalue weighted by Crippen LogP contribution is -2.56. The molecule has 242 valence electrons. The maximum absolute atomic E-state index is 14.1. The Kier molecular flexibility index (Phi) is 12.7. The third kappa shape index (κ3) is 9.93. The first kappa shape index (κ1) is 34.3. The highest BCUT2D eigenvalue weighted by Gasteiger charge is 2.33. The first-order chi connectivity index (χ1) is 21.7. The van der Waals surface area contributed by atoms with E-state index in [4.69, 9.17) is 0 Å². The minimum Gasteiger partial charge on any atom is -0.389 e. The van der Waals surface area contributed by atoms with Gasteiger partial charge in [-0.1, -0.05) is 44.2 Å². The molecule has 0 bridgehead atoms. The lowest BCUT2D eigenvalue weighted by molar-refractivity contribution is 0.0595. The zero-order chi connectivity index (χ0) is 32.3. The van der Waals surface area contributed by atoms with Crippen molar-refractivity contribution >= 4 is 11.8 Å². The fourth-order valence-electron chi connectivity index (χ4n) is 6.34. The number of nitrogens with one attached hydrogen (secondary N) is 2. The molecule has 1 heterocycles. The molecule has 1 aliphatic heterocycles. The number of hydrogen-bond donors (Lipinski definition) is 3. The molecule has 6 nitrogen and oxygen atoms in total. The average Bonchev–Trinajstić information content (AvgIpc) is 3.02. The van der Waals surface area contributed by atoms with Crippen molar-refractivity contribution in [3.05, 3.63) is 106 Å². The van der Waals surface area contributed by atoms with Gasteiger partial charge in [-0.25, -0.2) is 8.78 Å². The Morgan fingerprint density at radius 2 is 1.60 bits per heavy atom. The number of aryl methyl sites for hydroxylation is 2. The first-order valence-electron chi connectivity index (χ1n) is 16.3. The second-order valence-corrected chi connectivity index (χ2v) is 12.4. The number of hydrogen-bond acceptors (Lipinski definition) is 4. The number of halogens is 2. The van der Waals surface area contributed by atoms with Crippen molar-refractivity contribution in [2.75, 3.05) is 19.6 Å². The molecule has 2 unspecified atom stereocenters. The van der Waals surface area contributed by atoms with Crippen molar-refractivity contribution in [1.29, 1.82) is 0 Å². The van der Waals surface area contributed by atoms with Crippen molar-refractivity contribution in [2.24, 2.45) is 5.92 Å². The predicted molar refractivity (Wildman–Crippen MR) is 174 cm³/mol. The average molecular weight is 620 g/mol. The van der Waals surface area contributed by atoms with E-state index in [2.05, 4.69) is 22.8 Å². The molecule has 4 rings (SSSR count). The Hall–Kier alpha value is -3.62. The van der Waals surface area contributed by atoms with Crippen molar-refractivity contribution in [3.63, 3.8) is 0 Å². The molecular weight excluding hydrogens is 572 g/mol. The largest absolute Gasteiger partial charge is 0.389 e. The molecule has 45 heavy (non-hydrogen) atoms. The van der Waals surface area contributed by atoms with Crippen LogP contribution in [0, 0.1) is 24.5 Å². The fraction of sp³-hybridized carbons (Fsp3) is 0.459. The molecule has 3 N–H and O–H groups in total. The molecule has 1 aliphatic rings. The van der Waals surface area contributed by atoms with Gasteiger partial charge in [0, 0.05) is 36.3 Å². The molecule has 8 heteroatoms. The first-order valence-corrected chi connectivity index (χ1v) is 16.3. The summed E-state index contributed by atoms with van der Waals surface area (Å²) in [6.45, 7) is 7.86. The summed E-state index contributed by atoms with van der Waals surface area (Å²) in [4.78, 5) is 28.8. The van der Waals surface area contributed by atoms with E-state index in [1.54, 1.807) is 23.1 Å². The van der Waals surface area contributed by atoms with E-state index >= 15 is 0 Å². The molecule has 2 amide bonds. The van der Waals surface area contributed by atoms with Crippen LogP contribution in [0.5, 0.6) is 0 Å². The van der Waals surface area contributed by atoms with Gasteiger partial charge in [0.15, 0.2) is 0 Å². The number of aliphatic hydroxyl groups excluding tert-OH is 1. The summed E-state index contributed by atoms with van der Waals surface area (Å²) < 4.78 is 28.2. The standard InChI is InChI=1S/C37H47F2N3O3/c1-4-15-42(16-5-2)37(45)30-18-25(3)17-29(22-30)36(44)41-34(21-28-19-31(38)23-32(39)20-28)35(43)33-14-13-27(24-40-33)12-11-26-9-7-6-8-10-26/h6-10,17-20,22-23,27,33-35,40,43H,4-5,11-16,21,24H2,1-3H3,(H,41,44)/t27?,33?,34-,35+/m0/s1. The maximum Gasteiger partial charge on any atom is 0.253 e. The van der Waals surface area contributed by atoms with Crippen LogP contribution in [0.1, 0.15) is 83.4 Å². The van der Waals surface area contributed by atoms with E-state index in [1.165, 1.54) is 17.7 Å². The highest BCUT2D eigenvalue weighted by atomic mass is 19.1. The lowest BCUT2D eigenvalue weighted by Gasteiger charge is -2.36. The van der Waals surface area contributed by atoms with Crippen LogP contribution in [0.3, 0.4) is 0 Å². The topological polar surface area (TPSA) is 81.7 Å². The van der Waals surface area contributed by atoms with Gasteiger partial charge in [-0.3, -0.25) is 9.59 Å². The zero-order valence-corrected chi connectivity index (χ0v) is 26.7. The van der Waals surface area contributed by atoms with Gasteiger partial charge in [0.05, 0.1) is 12.1 Å². The summed E-state index contributed by atoms with van der Waals surface area (Å²) in [5.74, 6) is -1.55. The van der Waals surface area contributed by atoms with Gasteiger partial charge in [0.25, 0.3) is 11.8 Å². The van der Waals surface area contributed by atoms with Gasteiger partial charge in [-0.15, -0.1) is 0 Å². The summed E-state index contributed by atoms with van der Waals surface area (Å²) in [5, 5.41) is 18.0. The van der Waals surface area contributed by atoms with E-state index in [9.17, 15) is 23.5 Å². The van der Waals surface area contributed by atoms with Crippen LogP contribution in [0.25, 0.3) is 0 Å². The zero-order valence-electron chi connectivity index (χ0n) is 26.7. The van der Waals surface area contributed by atoms with Gasteiger partial charge in [0.1, 0.15) is 11.6 Å². The van der Waals surface area contributed by atoms with Crippen LogP contribution >= 0.6 is 0 Å². The molecule has 0 saturated carbocycles. The van der Waals surface area contributed by atoms with E-state index in [1.807, 2.05) is 39.0 Å². The normalized spacial score (nSPS) is 17.8. The highest BCUT2D eigenvalue weighted by molar-refractivity contribution is 6.00. The van der Waals surface area contributed by atoms with Crippen molar-refractivity contribution in [2.45, 2.75) is 83.9 Å². The number of piperidine rings is 1. The van der Waals surface area contributed by atoms with Crippen LogP contribution in [-0.4, -0.2) is 59.6 Å². The highest BCUT2D eigenvalue weighted by Crippen LogP contribution is 2.24. The van der Waals surface area contributed by atoms with Crippen LogP contribution in [0.15, 0.2) is 66.7 Å². The number of benzene rings is 3. The van der Waals surface area contributed by atoms with E-state index in [0.29, 0.717) is 42.1 Å². The molecule has 3 aromatic rings. The summed E-state index contributed by atoms with van der Waals surface area (Å²) >= 11 is 0. The second-order valence-electron chi connectivity index (χ2n) is 12.4. The molecule has 0 aliphatic carbocycles. The third-order valence-electron chi connectivity index (χ3n) is 8.62. The van der Waals surface area contributed by atoms with E-state index in [0.717, 1.165) is 50.3 Å². The Balaban J connectivity index is 1.49. The third-order valence-corrected chi connectivity index (χ3v) is 8.62. The smallest absolute Gasteiger partial charge is 0.253 e. The van der Waals surface area contributed by atoms with Crippen LogP contribution in [0.2, 0.25) is 0 Å². The molecule has 1 fully saturated rings. The fourth-order valence-corrected chi connectivity index (χ4v) is 6.34. The molecule has 0 aromatic heterocycles. The SMILES string of the molecule is CCCN(CCC)C(=O)c1cc(C)cc(C(=O)N[C@@H](Cc2cc(F)cc(F)c2)[C@H](O)C2CCC(CCc3ccccc3)CN2)c1. The number of nitrogens with zero attached hydrogens (tertiary/aromatic N) is 1. The summed E-state index contributed by atoms with van der Waals surface area (Å²) in [7, 11) is 0. The Morgan fingerprint density at radius 1 is 0.933 bits per heavy atom. The summed E-state index contributed by atoms with van der Waals surface area (Å²) in [6.07, 6.45) is 4.33. The molecule has 0 spiro atoms. The predicted octanol–water partition coefficient (Wildman–Crippen LogP) is 6.24. The van der Waals surface area contributed by atoms with Crippen molar-refractivity contribution in [1.82, 2.24) is 15.5 Å². The monoisotopic (exact) mass is 619 g/mol. The maximum atomic E-state index is 14.1. The molecule has 3 aromatic carbocycles. The quantitative estimate of drug-likeness (QED) is 0.200. The lowest BCUT2D eigenvalue weighted by atomic mass is 9.85. The van der Waals surface area contributed by atoms with Crippen molar-refractivity contribution < 1.29 is 23.5 Å². The number of carbonyl (C=O) groups is 2. The minimum absolute atomic E-state index is 0.0373. The second kappa shape index (κ2) is 16.6. The number of rotatable bonds is 14. The van der Waals surface area contributed by atoms with Crippen molar-refractivity contribution in [3.8, 4) is 0 Å². The van der Waals surface area contributed by atoms with Crippen LogP contribution in [0.4, 0.5) is 8.78 Å². The Bertz CT molecular complexity index is 1380. The van der Waals surface area contributed by atoms with Crippen LogP contribution < -0.4 is 10.6 Å². The summed E-state index contributed by atoms with van der Waals surface area (Å²) in [6, 6.07) is 17.6. The van der Waals surface area contributed by atoms with Gasteiger partial charge in [0.2, 0.25) is 0 Å². The number of amides is 2. The molecular formula is C37H47F2N3O3. The van der Waals surface area contributed by atoms with E-state index in [-0.39, 0.29) is 18.4 Å². The minimum atomic E-state index is -1.01. The number of aliphatic hydroxyl groups is 1. The molecule has 1 saturated heterocycles. The van der Waals surface area contributed by atoms with Gasteiger partial charge >= 0.3 is 0 Å². The number of carbonyl (C=O) groups excluding carboxylic acids is 2. The van der Waals surface area contributed by atoms with E-state index < -0.39 is 29.7 Å².